The molecular weight excluding hydrogens is 384 g/mol. The van der Waals surface area contributed by atoms with Gasteiger partial charge >= 0.3 is 0 Å². The molecule has 1 unspecified atom stereocenters. The fourth-order valence-electron chi connectivity index (χ4n) is 3.86. The number of aromatic nitrogens is 2. The van der Waals surface area contributed by atoms with E-state index in [4.69, 9.17) is 22.3 Å². The summed E-state index contributed by atoms with van der Waals surface area (Å²) in [5.74, 6) is 0.926. The summed E-state index contributed by atoms with van der Waals surface area (Å²) in [5.41, 5.74) is 9.92. The molecule has 0 aliphatic carbocycles. The van der Waals surface area contributed by atoms with Crippen LogP contribution in [0.5, 0.6) is 0 Å². The van der Waals surface area contributed by atoms with Crippen molar-refractivity contribution in [3.8, 4) is 0 Å². The van der Waals surface area contributed by atoms with Crippen molar-refractivity contribution in [2.24, 2.45) is 5.73 Å². The number of carbonyl (C=O) groups excluding carboxylic acids is 1. The van der Waals surface area contributed by atoms with E-state index in [0.29, 0.717) is 17.9 Å². The van der Waals surface area contributed by atoms with Crippen LogP contribution in [-0.2, 0) is 24.3 Å². The van der Waals surface area contributed by atoms with Crippen LogP contribution >= 0.6 is 11.6 Å². The van der Waals surface area contributed by atoms with Gasteiger partial charge in [-0.25, -0.2) is 4.98 Å². The number of imidazole rings is 1. The summed E-state index contributed by atoms with van der Waals surface area (Å²) >= 11 is 6.23. The van der Waals surface area contributed by atoms with E-state index in [0.717, 1.165) is 42.8 Å². The molecule has 154 valence electrons. The predicted octanol–water partition coefficient (Wildman–Crippen LogP) is 4.41. The number of nitrogens with two attached hydrogens (primary N) is 1. The Kier molecular flexibility index (Phi) is 7.29. The highest BCUT2D eigenvalue weighted by molar-refractivity contribution is 6.31. The van der Waals surface area contributed by atoms with Crippen molar-refractivity contribution >= 4 is 28.5 Å². The van der Waals surface area contributed by atoms with Gasteiger partial charge in [0, 0.05) is 31.0 Å². The lowest BCUT2D eigenvalue weighted by Crippen LogP contribution is -2.15. The second kappa shape index (κ2) is 9.90. The number of aryl methyl sites for hydroxylation is 1. The number of hydrogen-bond acceptors (Lipinski definition) is 3. The van der Waals surface area contributed by atoms with Gasteiger partial charge in [-0.2, -0.15) is 0 Å². The van der Waals surface area contributed by atoms with Crippen molar-refractivity contribution in [1.82, 2.24) is 14.9 Å². The summed E-state index contributed by atoms with van der Waals surface area (Å²) in [7, 11) is 1.94. The molecule has 3 rings (SSSR count). The maximum absolute atomic E-state index is 11.5. The predicted molar refractivity (Wildman–Crippen MR) is 119 cm³/mol. The van der Waals surface area contributed by atoms with E-state index >= 15 is 0 Å². The number of carbonyl (C=O) groups is 1. The molecule has 1 aromatic heterocycles. The number of halogens is 1. The van der Waals surface area contributed by atoms with Gasteiger partial charge < -0.3 is 15.6 Å². The first-order valence-corrected chi connectivity index (χ1v) is 10.6. The summed E-state index contributed by atoms with van der Waals surface area (Å²) in [4.78, 5) is 16.4. The molecular formula is C23H29ClN4O. The molecule has 3 N–H and O–H groups in total. The number of fused-ring (bicyclic) bond motifs is 1. The van der Waals surface area contributed by atoms with Gasteiger partial charge in [0.25, 0.3) is 0 Å². The molecule has 3 aromatic rings. The van der Waals surface area contributed by atoms with Gasteiger partial charge in [0.1, 0.15) is 5.82 Å². The Morgan fingerprint density at radius 1 is 1.28 bits per heavy atom. The molecule has 1 atom stereocenters. The van der Waals surface area contributed by atoms with Gasteiger partial charge in [0.2, 0.25) is 5.91 Å². The third-order valence-electron chi connectivity index (χ3n) is 5.21. The molecule has 6 heteroatoms. The molecule has 1 heterocycles. The lowest BCUT2D eigenvalue weighted by Gasteiger charge is -2.19. The third-order valence-corrected chi connectivity index (χ3v) is 5.44. The fourth-order valence-corrected chi connectivity index (χ4v) is 4.03. The second-order valence-electron chi connectivity index (χ2n) is 7.49. The molecule has 1 amide bonds. The van der Waals surface area contributed by atoms with E-state index in [9.17, 15) is 4.79 Å². The minimum Gasteiger partial charge on any atom is -0.370 e. The van der Waals surface area contributed by atoms with Crippen molar-refractivity contribution in [3.63, 3.8) is 0 Å². The van der Waals surface area contributed by atoms with Crippen LogP contribution in [0.4, 0.5) is 0 Å². The van der Waals surface area contributed by atoms with Crippen molar-refractivity contribution in [1.29, 1.82) is 0 Å². The molecule has 2 aromatic carbocycles. The van der Waals surface area contributed by atoms with Crippen molar-refractivity contribution in [2.45, 2.75) is 51.6 Å². The van der Waals surface area contributed by atoms with E-state index in [2.05, 4.69) is 41.1 Å². The van der Waals surface area contributed by atoms with E-state index in [1.807, 2.05) is 25.2 Å². The molecule has 0 bridgehead atoms. The van der Waals surface area contributed by atoms with Crippen LogP contribution in [0.1, 0.15) is 49.1 Å². The Bertz CT molecular complexity index is 982. The molecule has 0 saturated carbocycles. The minimum absolute atomic E-state index is 0.169. The SMILES string of the molecule is CCCn1c(CC(CCC(N)=O)c2cccc(CNC)c2)nc2ccc(Cl)cc21. The van der Waals surface area contributed by atoms with E-state index in [1.165, 1.54) is 11.1 Å². The smallest absolute Gasteiger partial charge is 0.217 e. The first-order chi connectivity index (χ1) is 14.0. The lowest BCUT2D eigenvalue weighted by molar-refractivity contribution is -0.118. The summed E-state index contributed by atoms with van der Waals surface area (Å²) in [6, 6.07) is 14.4. The largest absolute Gasteiger partial charge is 0.370 e. The first kappa shape index (κ1) is 21.3. The summed E-state index contributed by atoms with van der Waals surface area (Å²) < 4.78 is 2.26. The van der Waals surface area contributed by atoms with Crippen LogP contribution in [0.2, 0.25) is 5.02 Å². The van der Waals surface area contributed by atoms with Crippen LogP contribution in [0.15, 0.2) is 42.5 Å². The Hall–Kier alpha value is -2.37. The molecule has 5 nitrogen and oxygen atoms in total. The monoisotopic (exact) mass is 412 g/mol. The zero-order chi connectivity index (χ0) is 20.8. The van der Waals surface area contributed by atoms with Crippen LogP contribution < -0.4 is 11.1 Å². The molecule has 0 aliphatic heterocycles. The van der Waals surface area contributed by atoms with Gasteiger partial charge in [-0.05, 0) is 55.1 Å². The molecule has 0 fully saturated rings. The second-order valence-corrected chi connectivity index (χ2v) is 7.93. The maximum atomic E-state index is 11.5. The Morgan fingerprint density at radius 2 is 2.10 bits per heavy atom. The molecule has 29 heavy (non-hydrogen) atoms. The summed E-state index contributed by atoms with van der Waals surface area (Å²) in [6.45, 7) is 3.85. The number of hydrogen-bond donors (Lipinski definition) is 2. The number of nitrogens with zero attached hydrogens (tertiary/aromatic N) is 2. The van der Waals surface area contributed by atoms with E-state index < -0.39 is 0 Å². The minimum atomic E-state index is -0.268. The quantitative estimate of drug-likeness (QED) is 0.518. The van der Waals surface area contributed by atoms with Crippen molar-refractivity contribution < 1.29 is 4.79 Å². The van der Waals surface area contributed by atoms with Gasteiger partial charge in [0.15, 0.2) is 0 Å². The molecule has 0 saturated heterocycles. The average molecular weight is 413 g/mol. The summed E-state index contributed by atoms with van der Waals surface area (Å²) in [6.07, 6.45) is 2.83. The molecule has 0 aliphatic rings. The highest BCUT2D eigenvalue weighted by Crippen LogP contribution is 2.29. The number of primary amides is 1. The van der Waals surface area contributed by atoms with Crippen molar-refractivity contribution in [2.75, 3.05) is 7.05 Å². The van der Waals surface area contributed by atoms with Gasteiger partial charge in [0.05, 0.1) is 11.0 Å². The van der Waals surface area contributed by atoms with Crippen LogP contribution in [0.3, 0.4) is 0 Å². The fraction of sp³-hybridized carbons (Fsp3) is 0.391. The van der Waals surface area contributed by atoms with Gasteiger partial charge in [-0.15, -0.1) is 0 Å². The summed E-state index contributed by atoms with van der Waals surface area (Å²) in [5, 5.41) is 3.91. The van der Waals surface area contributed by atoms with Crippen LogP contribution in [0, 0.1) is 0 Å². The number of rotatable bonds is 10. The highest BCUT2D eigenvalue weighted by Gasteiger charge is 2.19. The standard InChI is InChI=1S/C23H29ClN4O/c1-3-11-28-21-14-19(24)8-9-20(21)27-23(28)13-18(7-10-22(25)29)17-6-4-5-16(12-17)15-26-2/h4-6,8-9,12,14,18,26H,3,7,10-11,13,15H2,1-2H3,(H2,25,29). The topological polar surface area (TPSA) is 72.9 Å². The lowest BCUT2D eigenvalue weighted by atomic mass is 9.89. The van der Waals surface area contributed by atoms with E-state index in [-0.39, 0.29) is 11.8 Å². The molecule has 0 radical (unpaired) electrons. The maximum Gasteiger partial charge on any atom is 0.217 e. The Balaban J connectivity index is 1.98. The average Bonchev–Trinajstić information content (AvgIpc) is 3.02. The third kappa shape index (κ3) is 5.37. The zero-order valence-electron chi connectivity index (χ0n) is 17.1. The number of benzene rings is 2. The Morgan fingerprint density at radius 3 is 2.83 bits per heavy atom. The van der Waals surface area contributed by atoms with Gasteiger partial charge in [-0.3, -0.25) is 4.79 Å². The molecule has 0 spiro atoms. The Labute approximate surface area is 177 Å². The van der Waals surface area contributed by atoms with Gasteiger partial charge in [-0.1, -0.05) is 42.8 Å². The zero-order valence-corrected chi connectivity index (χ0v) is 17.9. The van der Waals surface area contributed by atoms with E-state index in [1.54, 1.807) is 0 Å². The number of amides is 1. The van der Waals surface area contributed by atoms with Crippen LogP contribution in [-0.4, -0.2) is 22.5 Å². The van der Waals surface area contributed by atoms with Crippen LogP contribution in [0.25, 0.3) is 11.0 Å². The first-order valence-electron chi connectivity index (χ1n) is 10.2. The normalized spacial score (nSPS) is 12.4. The van der Waals surface area contributed by atoms with Crippen molar-refractivity contribution in [3.05, 3.63) is 64.4 Å². The highest BCUT2D eigenvalue weighted by atomic mass is 35.5. The number of nitrogens with one attached hydrogen (secondary N) is 1.